The van der Waals surface area contributed by atoms with Crippen molar-refractivity contribution in [2.75, 3.05) is 29.9 Å². The summed E-state index contributed by atoms with van der Waals surface area (Å²) in [5.74, 6) is 0.558. The fraction of sp³-hybridized carbons (Fsp3) is 0.562. The van der Waals surface area contributed by atoms with Gasteiger partial charge in [0.1, 0.15) is 0 Å². The number of amides is 1. The second-order valence-electron chi connectivity index (χ2n) is 6.07. The summed E-state index contributed by atoms with van der Waals surface area (Å²) in [6, 6.07) is 5.97. The third-order valence-electron chi connectivity index (χ3n) is 4.62. The number of fused-ring (bicyclic) bond motifs is 1. The minimum absolute atomic E-state index is 0.235. The molecule has 1 fully saturated rings. The van der Waals surface area contributed by atoms with Crippen LogP contribution in [0.25, 0.3) is 0 Å². The number of carbonyl (C=O) groups is 1. The van der Waals surface area contributed by atoms with Gasteiger partial charge in [0, 0.05) is 31.4 Å². The predicted molar refractivity (Wildman–Crippen MR) is 80.0 cm³/mol. The summed E-state index contributed by atoms with van der Waals surface area (Å²) < 4.78 is 0. The molecule has 2 aliphatic rings. The summed E-state index contributed by atoms with van der Waals surface area (Å²) in [6.07, 6.45) is 2.73. The lowest BCUT2D eigenvalue weighted by Gasteiger charge is -2.24. The number of hydrogen-bond donors (Lipinski definition) is 1. The Kier molecular flexibility index (Phi) is 3.42. The molecule has 2 aliphatic heterocycles. The van der Waals surface area contributed by atoms with E-state index in [1.807, 2.05) is 18.2 Å². The Morgan fingerprint density at radius 2 is 2.05 bits per heavy atom. The quantitative estimate of drug-likeness (QED) is 0.854. The minimum Gasteiger partial charge on any atom is -0.378 e. The van der Waals surface area contributed by atoms with Gasteiger partial charge in [-0.05, 0) is 37.3 Å². The van der Waals surface area contributed by atoms with E-state index in [1.54, 1.807) is 11.9 Å². The third-order valence-corrected chi connectivity index (χ3v) is 4.62. The summed E-state index contributed by atoms with van der Waals surface area (Å²) in [7, 11) is 1.73. The monoisotopic (exact) mass is 274 g/mol. The molecule has 1 saturated heterocycles. The number of nitrogens with zero attached hydrogens (tertiary/aromatic N) is 2. The van der Waals surface area contributed by atoms with E-state index in [2.05, 4.69) is 11.8 Å². The van der Waals surface area contributed by atoms with Crippen LogP contribution < -0.4 is 9.80 Å². The van der Waals surface area contributed by atoms with Crippen LogP contribution in [0.4, 0.5) is 11.4 Å². The molecule has 2 heterocycles. The summed E-state index contributed by atoms with van der Waals surface area (Å²) in [6.45, 7) is 4.46. The summed E-state index contributed by atoms with van der Waals surface area (Å²) in [5, 5.41) is 9.90. The fourth-order valence-corrected chi connectivity index (χ4v) is 3.21. The van der Waals surface area contributed by atoms with Gasteiger partial charge in [-0.2, -0.15) is 0 Å². The van der Waals surface area contributed by atoms with Gasteiger partial charge in [0.15, 0.2) is 6.10 Å². The maximum absolute atomic E-state index is 11.8. The number of aliphatic hydroxyl groups excluding tert-OH is 1. The maximum atomic E-state index is 11.8. The Bertz CT molecular complexity index is 529. The van der Waals surface area contributed by atoms with Crippen LogP contribution in [0.1, 0.15) is 37.9 Å². The first-order chi connectivity index (χ1) is 9.58. The summed E-state index contributed by atoms with van der Waals surface area (Å²) in [4.78, 5) is 15.8. The second kappa shape index (κ2) is 5.09. The number of anilines is 2. The van der Waals surface area contributed by atoms with Gasteiger partial charge in [-0.3, -0.25) is 4.79 Å². The molecular weight excluding hydrogens is 252 g/mol. The average molecular weight is 274 g/mol. The highest BCUT2D eigenvalue weighted by atomic mass is 16.3. The average Bonchev–Trinajstić information content (AvgIpc) is 2.64. The van der Waals surface area contributed by atoms with E-state index in [4.69, 9.17) is 0 Å². The van der Waals surface area contributed by atoms with E-state index in [0.717, 1.165) is 35.9 Å². The standard InChI is InChI=1S/C16H22N2O2/c1-11-4-3-8-18(9-7-11)12-5-6-13-14(10-12)17(2)16(20)15(13)19/h5-6,10-11,15,19H,3-4,7-9H2,1-2H3. The Labute approximate surface area is 120 Å². The van der Waals surface area contributed by atoms with Gasteiger partial charge in [-0.25, -0.2) is 0 Å². The first-order valence-electron chi connectivity index (χ1n) is 7.42. The van der Waals surface area contributed by atoms with Gasteiger partial charge < -0.3 is 14.9 Å². The lowest BCUT2D eigenvalue weighted by molar-refractivity contribution is -0.125. The highest BCUT2D eigenvalue weighted by molar-refractivity contribution is 6.03. The smallest absolute Gasteiger partial charge is 0.260 e. The van der Waals surface area contributed by atoms with Crippen LogP contribution in [-0.4, -0.2) is 31.2 Å². The zero-order valence-electron chi connectivity index (χ0n) is 12.2. The fourth-order valence-electron chi connectivity index (χ4n) is 3.21. The molecule has 108 valence electrons. The zero-order chi connectivity index (χ0) is 14.3. The molecule has 0 saturated carbocycles. The molecule has 0 spiro atoms. The minimum atomic E-state index is -0.992. The largest absolute Gasteiger partial charge is 0.378 e. The second-order valence-corrected chi connectivity index (χ2v) is 6.07. The van der Waals surface area contributed by atoms with Gasteiger partial charge in [0.25, 0.3) is 5.91 Å². The molecule has 1 N–H and O–H groups in total. The van der Waals surface area contributed by atoms with E-state index < -0.39 is 6.10 Å². The zero-order valence-corrected chi connectivity index (χ0v) is 12.2. The molecular formula is C16H22N2O2. The first kappa shape index (κ1) is 13.4. The molecule has 1 aromatic rings. The molecule has 1 amide bonds. The Morgan fingerprint density at radius 1 is 1.25 bits per heavy atom. The van der Waals surface area contributed by atoms with Crippen molar-refractivity contribution in [1.29, 1.82) is 0 Å². The van der Waals surface area contributed by atoms with Gasteiger partial charge in [0.05, 0.1) is 5.69 Å². The normalized spacial score (nSPS) is 26.6. The molecule has 4 heteroatoms. The molecule has 4 nitrogen and oxygen atoms in total. The molecule has 0 bridgehead atoms. The maximum Gasteiger partial charge on any atom is 0.260 e. The Balaban J connectivity index is 1.88. The number of hydrogen-bond acceptors (Lipinski definition) is 3. The van der Waals surface area contributed by atoms with Crippen molar-refractivity contribution < 1.29 is 9.90 Å². The van der Waals surface area contributed by atoms with E-state index in [1.165, 1.54) is 19.3 Å². The first-order valence-corrected chi connectivity index (χ1v) is 7.42. The molecule has 20 heavy (non-hydrogen) atoms. The lowest BCUT2D eigenvalue weighted by Crippen LogP contribution is -2.25. The topological polar surface area (TPSA) is 43.8 Å². The van der Waals surface area contributed by atoms with Crippen molar-refractivity contribution in [3.05, 3.63) is 23.8 Å². The predicted octanol–water partition coefficient (Wildman–Crippen LogP) is 2.32. The van der Waals surface area contributed by atoms with Gasteiger partial charge >= 0.3 is 0 Å². The van der Waals surface area contributed by atoms with Gasteiger partial charge in [-0.15, -0.1) is 0 Å². The van der Waals surface area contributed by atoms with Crippen LogP contribution in [0, 0.1) is 5.92 Å². The highest BCUT2D eigenvalue weighted by Crippen LogP contribution is 2.37. The van der Waals surface area contributed by atoms with E-state index >= 15 is 0 Å². The molecule has 0 radical (unpaired) electrons. The van der Waals surface area contributed by atoms with E-state index in [9.17, 15) is 9.90 Å². The number of rotatable bonds is 1. The van der Waals surface area contributed by atoms with Crippen molar-refractivity contribution in [3.8, 4) is 0 Å². The van der Waals surface area contributed by atoms with Gasteiger partial charge in [-0.1, -0.05) is 13.0 Å². The summed E-state index contributed by atoms with van der Waals surface area (Å²) >= 11 is 0. The number of benzene rings is 1. The van der Waals surface area contributed by atoms with Gasteiger partial charge in [0.2, 0.25) is 0 Å². The summed E-state index contributed by atoms with van der Waals surface area (Å²) in [5.41, 5.74) is 2.73. The van der Waals surface area contributed by atoms with Crippen molar-refractivity contribution in [3.63, 3.8) is 0 Å². The van der Waals surface area contributed by atoms with Crippen molar-refractivity contribution in [2.24, 2.45) is 5.92 Å². The van der Waals surface area contributed by atoms with Crippen LogP contribution >= 0.6 is 0 Å². The highest BCUT2D eigenvalue weighted by Gasteiger charge is 2.33. The van der Waals surface area contributed by atoms with Crippen molar-refractivity contribution in [1.82, 2.24) is 0 Å². The van der Waals surface area contributed by atoms with Crippen molar-refractivity contribution >= 4 is 17.3 Å². The molecule has 0 aliphatic carbocycles. The Morgan fingerprint density at radius 3 is 2.85 bits per heavy atom. The number of aliphatic hydroxyl groups is 1. The molecule has 1 aromatic carbocycles. The van der Waals surface area contributed by atoms with Crippen molar-refractivity contribution in [2.45, 2.75) is 32.3 Å². The lowest BCUT2D eigenvalue weighted by atomic mass is 10.0. The number of likely N-dealkylation sites (N-methyl/N-ethyl adjacent to an activating group) is 1. The van der Waals surface area contributed by atoms with E-state index in [0.29, 0.717) is 0 Å². The van der Waals surface area contributed by atoms with Crippen LogP contribution in [-0.2, 0) is 4.79 Å². The number of carbonyl (C=O) groups excluding carboxylic acids is 1. The van der Waals surface area contributed by atoms with Crippen LogP contribution in [0.3, 0.4) is 0 Å². The van der Waals surface area contributed by atoms with Crippen LogP contribution in [0.15, 0.2) is 18.2 Å². The molecule has 0 aromatic heterocycles. The van der Waals surface area contributed by atoms with E-state index in [-0.39, 0.29) is 5.91 Å². The van der Waals surface area contributed by atoms with Crippen LogP contribution in [0.2, 0.25) is 0 Å². The molecule has 3 rings (SSSR count). The molecule has 2 unspecified atom stereocenters. The third kappa shape index (κ3) is 2.18. The Hall–Kier alpha value is -1.55. The van der Waals surface area contributed by atoms with Crippen LogP contribution in [0.5, 0.6) is 0 Å². The SMILES string of the molecule is CC1CCCN(c2ccc3c(c2)N(C)C(=O)C3O)CC1. The molecule has 2 atom stereocenters.